The molecule has 0 unspecified atom stereocenters. The Hall–Kier alpha value is -1.95. The molecule has 2 aromatic rings. The summed E-state index contributed by atoms with van der Waals surface area (Å²) in [7, 11) is 0. The summed E-state index contributed by atoms with van der Waals surface area (Å²) in [6.45, 7) is -0.0774. The maximum atomic E-state index is 13.7. The lowest BCUT2D eigenvalue weighted by atomic mass is 10.1. The molecule has 2 rings (SSSR count). The molecule has 2 aromatic carbocycles. The standard InChI is InChI=1S/C14H10BrF2NO2/c15-11-4-3-10(6-13(11)17)20-7-9-2-1-8(14(18)19)5-12(9)16/h1-6H,7H2,(H2,18,19). The molecule has 0 aliphatic rings. The van der Waals surface area contributed by atoms with E-state index in [1.54, 1.807) is 6.07 Å². The van der Waals surface area contributed by atoms with Gasteiger partial charge in [0, 0.05) is 17.2 Å². The average Bonchev–Trinajstić information content (AvgIpc) is 2.41. The van der Waals surface area contributed by atoms with Crippen molar-refractivity contribution in [2.75, 3.05) is 0 Å². The summed E-state index contributed by atoms with van der Waals surface area (Å²) in [6.07, 6.45) is 0. The SMILES string of the molecule is NC(=O)c1ccc(COc2ccc(Br)c(F)c2)c(F)c1. The number of halogens is 3. The first-order valence-electron chi connectivity index (χ1n) is 5.63. The van der Waals surface area contributed by atoms with Crippen LogP contribution >= 0.6 is 15.9 Å². The highest BCUT2D eigenvalue weighted by Gasteiger charge is 2.08. The van der Waals surface area contributed by atoms with E-state index in [0.717, 1.165) is 6.07 Å². The molecule has 0 saturated heterocycles. The predicted molar refractivity (Wildman–Crippen MR) is 73.3 cm³/mol. The van der Waals surface area contributed by atoms with Crippen molar-refractivity contribution < 1.29 is 18.3 Å². The number of hydrogen-bond donors (Lipinski definition) is 1. The number of ether oxygens (including phenoxy) is 1. The molecule has 1 amide bonds. The Kier molecular flexibility index (Phi) is 4.34. The highest BCUT2D eigenvalue weighted by molar-refractivity contribution is 9.10. The Labute approximate surface area is 122 Å². The van der Waals surface area contributed by atoms with Gasteiger partial charge in [-0.15, -0.1) is 0 Å². The van der Waals surface area contributed by atoms with Gasteiger partial charge in [0.15, 0.2) is 0 Å². The van der Waals surface area contributed by atoms with Gasteiger partial charge in [0.25, 0.3) is 0 Å². The zero-order chi connectivity index (χ0) is 14.7. The van der Waals surface area contributed by atoms with Crippen molar-refractivity contribution in [1.29, 1.82) is 0 Å². The number of rotatable bonds is 4. The second-order valence-corrected chi connectivity index (χ2v) is 4.89. The maximum Gasteiger partial charge on any atom is 0.248 e. The first kappa shape index (κ1) is 14.5. The van der Waals surface area contributed by atoms with E-state index >= 15 is 0 Å². The summed E-state index contributed by atoms with van der Waals surface area (Å²) in [5, 5.41) is 0. The second-order valence-electron chi connectivity index (χ2n) is 4.04. The molecule has 0 aromatic heterocycles. The van der Waals surface area contributed by atoms with E-state index in [0.29, 0.717) is 4.47 Å². The van der Waals surface area contributed by atoms with Crippen molar-refractivity contribution >= 4 is 21.8 Å². The Morgan fingerprint density at radius 3 is 2.50 bits per heavy atom. The van der Waals surface area contributed by atoms with Crippen LogP contribution in [0, 0.1) is 11.6 Å². The van der Waals surface area contributed by atoms with Gasteiger partial charge < -0.3 is 10.5 Å². The molecule has 104 valence electrons. The molecule has 0 radical (unpaired) electrons. The minimum absolute atomic E-state index is 0.0774. The molecule has 0 aliphatic carbocycles. The summed E-state index contributed by atoms with van der Waals surface area (Å²) >= 11 is 3.02. The smallest absolute Gasteiger partial charge is 0.248 e. The molecule has 6 heteroatoms. The van der Waals surface area contributed by atoms with Gasteiger partial charge in [0.05, 0.1) is 4.47 Å². The van der Waals surface area contributed by atoms with Crippen LogP contribution in [-0.4, -0.2) is 5.91 Å². The molecule has 0 heterocycles. The Bertz CT molecular complexity index is 662. The van der Waals surface area contributed by atoms with Crippen LogP contribution in [0.2, 0.25) is 0 Å². The van der Waals surface area contributed by atoms with Crippen LogP contribution in [0.4, 0.5) is 8.78 Å². The fourth-order valence-electron chi connectivity index (χ4n) is 1.55. The van der Waals surface area contributed by atoms with Gasteiger partial charge in [-0.1, -0.05) is 6.07 Å². The van der Waals surface area contributed by atoms with Gasteiger partial charge in [-0.2, -0.15) is 0 Å². The van der Waals surface area contributed by atoms with Crippen molar-refractivity contribution in [3.05, 3.63) is 63.6 Å². The van der Waals surface area contributed by atoms with Crippen LogP contribution in [0.3, 0.4) is 0 Å². The maximum absolute atomic E-state index is 13.7. The molecular weight excluding hydrogens is 332 g/mol. The fourth-order valence-corrected chi connectivity index (χ4v) is 1.79. The quantitative estimate of drug-likeness (QED) is 0.926. The van der Waals surface area contributed by atoms with E-state index in [4.69, 9.17) is 10.5 Å². The molecule has 0 atom stereocenters. The van der Waals surface area contributed by atoms with Gasteiger partial charge in [-0.05, 0) is 40.2 Å². The lowest BCUT2D eigenvalue weighted by Crippen LogP contribution is -2.11. The summed E-state index contributed by atoms with van der Waals surface area (Å²) in [6, 6.07) is 8.11. The Morgan fingerprint density at radius 1 is 1.15 bits per heavy atom. The molecule has 0 bridgehead atoms. The first-order chi connectivity index (χ1) is 9.47. The van der Waals surface area contributed by atoms with Crippen molar-refractivity contribution in [2.24, 2.45) is 5.73 Å². The van der Waals surface area contributed by atoms with Crippen molar-refractivity contribution in [2.45, 2.75) is 6.61 Å². The zero-order valence-electron chi connectivity index (χ0n) is 10.2. The highest BCUT2D eigenvalue weighted by atomic mass is 79.9. The Balaban J connectivity index is 2.10. The monoisotopic (exact) mass is 341 g/mol. The van der Waals surface area contributed by atoms with Crippen LogP contribution in [0.1, 0.15) is 15.9 Å². The minimum Gasteiger partial charge on any atom is -0.489 e. The highest BCUT2D eigenvalue weighted by Crippen LogP contribution is 2.22. The molecule has 0 fully saturated rings. The lowest BCUT2D eigenvalue weighted by molar-refractivity contribution is 0.0999. The molecular formula is C14H10BrF2NO2. The molecule has 0 aliphatic heterocycles. The minimum atomic E-state index is -0.702. The summed E-state index contributed by atoms with van der Waals surface area (Å²) in [5.74, 6) is -1.48. The molecule has 0 spiro atoms. The molecule has 0 saturated carbocycles. The van der Waals surface area contributed by atoms with Crippen LogP contribution < -0.4 is 10.5 Å². The van der Waals surface area contributed by atoms with Crippen molar-refractivity contribution in [1.82, 2.24) is 0 Å². The summed E-state index contributed by atoms with van der Waals surface area (Å²) < 4.78 is 32.6. The zero-order valence-corrected chi connectivity index (χ0v) is 11.8. The van der Waals surface area contributed by atoms with E-state index in [-0.39, 0.29) is 23.5 Å². The average molecular weight is 342 g/mol. The van der Waals surface area contributed by atoms with Crippen LogP contribution in [0.25, 0.3) is 0 Å². The number of benzene rings is 2. The normalized spacial score (nSPS) is 10.3. The van der Waals surface area contributed by atoms with E-state index in [1.165, 1.54) is 24.3 Å². The number of nitrogens with two attached hydrogens (primary N) is 1. The van der Waals surface area contributed by atoms with Crippen molar-refractivity contribution in [3.63, 3.8) is 0 Å². The number of hydrogen-bond acceptors (Lipinski definition) is 2. The number of carbonyl (C=O) groups is 1. The fraction of sp³-hybridized carbons (Fsp3) is 0.0714. The molecule has 20 heavy (non-hydrogen) atoms. The third kappa shape index (κ3) is 3.33. The van der Waals surface area contributed by atoms with Crippen LogP contribution in [-0.2, 0) is 6.61 Å². The first-order valence-corrected chi connectivity index (χ1v) is 6.43. The van der Waals surface area contributed by atoms with E-state index in [9.17, 15) is 13.6 Å². The van der Waals surface area contributed by atoms with E-state index < -0.39 is 17.5 Å². The van der Waals surface area contributed by atoms with Crippen molar-refractivity contribution in [3.8, 4) is 5.75 Å². The van der Waals surface area contributed by atoms with Crippen LogP contribution in [0.5, 0.6) is 5.75 Å². The van der Waals surface area contributed by atoms with E-state index in [2.05, 4.69) is 15.9 Å². The van der Waals surface area contributed by atoms with Gasteiger partial charge in [-0.25, -0.2) is 8.78 Å². The second kappa shape index (κ2) is 6.00. The number of amides is 1. The molecule has 2 N–H and O–H groups in total. The Morgan fingerprint density at radius 2 is 1.90 bits per heavy atom. The third-order valence-corrected chi connectivity index (χ3v) is 3.27. The predicted octanol–water partition coefficient (Wildman–Crippen LogP) is 3.41. The topological polar surface area (TPSA) is 52.3 Å². The van der Waals surface area contributed by atoms with Gasteiger partial charge in [0.1, 0.15) is 24.0 Å². The van der Waals surface area contributed by atoms with Gasteiger partial charge in [-0.3, -0.25) is 4.79 Å². The third-order valence-electron chi connectivity index (χ3n) is 2.62. The summed E-state index contributed by atoms with van der Waals surface area (Å²) in [5.41, 5.74) is 5.38. The van der Waals surface area contributed by atoms with E-state index in [1.807, 2.05) is 0 Å². The number of primary amides is 1. The summed E-state index contributed by atoms with van der Waals surface area (Å²) in [4.78, 5) is 10.9. The lowest BCUT2D eigenvalue weighted by Gasteiger charge is -2.08. The molecule has 3 nitrogen and oxygen atoms in total. The largest absolute Gasteiger partial charge is 0.489 e. The van der Waals surface area contributed by atoms with Gasteiger partial charge in [0.2, 0.25) is 5.91 Å². The number of carbonyl (C=O) groups excluding carboxylic acids is 1. The van der Waals surface area contributed by atoms with Crippen LogP contribution in [0.15, 0.2) is 40.9 Å². The van der Waals surface area contributed by atoms with Gasteiger partial charge >= 0.3 is 0 Å².